The number of benzene rings is 1. The zero-order valence-electron chi connectivity index (χ0n) is 11.6. The minimum atomic E-state index is -0.549. The lowest BCUT2D eigenvalue weighted by molar-refractivity contribution is 0.0903. The van der Waals surface area contributed by atoms with Crippen LogP contribution in [0, 0.1) is 5.92 Å². The maximum atomic E-state index is 12.3. The third kappa shape index (κ3) is 3.29. The number of aliphatic hydroxyl groups excluding tert-OH is 2. The summed E-state index contributed by atoms with van der Waals surface area (Å²) in [5.74, 6) is 0.206. The van der Waals surface area contributed by atoms with E-state index in [1.165, 1.54) is 0 Å². The number of para-hydroxylation sites is 1. The molecule has 1 aromatic carbocycles. The Kier molecular flexibility index (Phi) is 4.98. The highest BCUT2D eigenvalue weighted by atomic mass is 16.5. The molecule has 3 atom stereocenters. The van der Waals surface area contributed by atoms with Crippen molar-refractivity contribution >= 4 is 5.91 Å². The lowest BCUT2D eigenvalue weighted by Crippen LogP contribution is -2.33. The number of aliphatic hydroxyl groups is 2. The highest BCUT2D eigenvalue weighted by Gasteiger charge is 2.33. The first-order chi connectivity index (χ1) is 9.65. The number of amides is 1. The van der Waals surface area contributed by atoms with Crippen LogP contribution < -0.4 is 10.1 Å². The van der Waals surface area contributed by atoms with Crippen molar-refractivity contribution in [1.29, 1.82) is 0 Å². The van der Waals surface area contributed by atoms with Crippen LogP contribution in [0.1, 0.15) is 30.1 Å². The first kappa shape index (κ1) is 14.8. The molecule has 1 saturated carbocycles. The van der Waals surface area contributed by atoms with E-state index in [0.717, 1.165) is 0 Å². The minimum absolute atomic E-state index is 0.0525. The fourth-order valence-electron chi connectivity index (χ4n) is 2.62. The molecule has 1 amide bonds. The number of hydrogen-bond donors (Lipinski definition) is 3. The smallest absolute Gasteiger partial charge is 0.255 e. The molecular weight excluding hydrogens is 258 g/mol. The lowest BCUT2D eigenvalue weighted by atomic mass is 10.1. The van der Waals surface area contributed by atoms with E-state index in [4.69, 9.17) is 9.84 Å². The molecule has 1 aliphatic carbocycles. The summed E-state index contributed by atoms with van der Waals surface area (Å²) >= 11 is 0. The van der Waals surface area contributed by atoms with E-state index in [9.17, 15) is 9.90 Å². The molecule has 0 saturated heterocycles. The summed E-state index contributed by atoms with van der Waals surface area (Å²) in [7, 11) is 0. The van der Waals surface area contributed by atoms with Crippen molar-refractivity contribution in [1.82, 2.24) is 5.32 Å². The second-order valence-corrected chi connectivity index (χ2v) is 5.08. The van der Waals surface area contributed by atoms with E-state index in [1.807, 2.05) is 13.0 Å². The summed E-state index contributed by atoms with van der Waals surface area (Å²) in [5.41, 5.74) is 0.497. The van der Waals surface area contributed by atoms with Crippen molar-refractivity contribution < 1.29 is 19.7 Å². The number of rotatable bonds is 5. The van der Waals surface area contributed by atoms with Gasteiger partial charge in [-0.25, -0.2) is 0 Å². The molecule has 3 unspecified atom stereocenters. The van der Waals surface area contributed by atoms with Gasteiger partial charge in [0.2, 0.25) is 0 Å². The predicted octanol–water partition coefficient (Wildman–Crippen LogP) is 0.947. The van der Waals surface area contributed by atoms with Crippen molar-refractivity contribution in [2.45, 2.75) is 31.9 Å². The topological polar surface area (TPSA) is 78.8 Å². The van der Waals surface area contributed by atoms with Crippen molar-refractivity contribution in [3.8, 4) is 5.75 Å². The summed E-state index contributed by atoms with van der Waals surface area (Å²) in [6.45, 7) is 2.32. The van der Waals surface area contributed by atoms with Crippen molar-refractivity contribution in [2.75, 3.05) is 13.2 Å². The first-order valence-electron chi connectivity index (χ1n) is 6.97. The Morgan fingerprint density at radius 3 is 2.80 bits per heavy atom. The van der Waals surface area contributed by atoms with Gasteiger partial charge >= 0.3 is 0 Å². The third-order valence-electron chi connectivity index (χ3n) is 3.66. The largest absolute Gasteiger partial charge is 0.493 e. The minimum Gasteiger partial charge on any atom is -0.493 e. The molecule has 0 aromatic heterocycles. The lowest BCUT2D eigenvalue weighted by Gasteiger charge is -2.14. The van der Waals surface area contributed by atoms with Gasteiger partial charge in [-0.2, -0.15) is 0 Å². The normalized spacial score (nSPS) is 25.4. The Balaban J connectivity index is 2.02. The summed E-state index contributed by atoms with van der Waals surface area (Å²) in [5, 5.41) is 21.8. The van der Waals surface area contributed by atoms with Crippen molar-refractivity contribution in [3.63, 3.8) is 0 Å². The van der Waals surface area contributed by atoms with E-state index < -0.39 is 6.10 Å². The highest BCUT2D eigenvalue weighted by molar-refractivity contribution is 5.97. The van der Waals surface area contributed by atoms with Crippen LogP contribution in [0.2, 0.25) is 0 Å². The van der Waals surface area contributed by atoms with Crippen LogP contribution in [0.5, 0.6) is 5.75 Å². The molecule has 0 aliphatic heterocycles. The number of carbonyl (C=O) groups excluding carboxylic acids is 1. The number of nitrogens with one attached hydrogen (secondary N) is 1. The molecule has 5 nitrogen and oxygen atoms in total. The van der Waals surface area contributed by atoms with Crippen LogP contribution in [-0.4, -0.2) is 41.5 Å². The summed E-state index contributed by atoms with van der Waals surface area (Å²) in [6, 6.07) is 6.98. The van der Waals surface area contributed by atoms with Gasteiger partial charge in [-0.1, -0.05) is 12.1 Å². The van der Waals surface area contributed by atoms with Gasteiger partial charge in [-0.15, -0.1) is 0 Å². The molecule has 0 radical (unpaired) electrons. The standard InChI is InChI=1S/C15H21NO4/c1-2-20-14-6-4-3-5-12(14)15(19)16-11-7-10(9-17)13(18)8-11/h3-6,10-11,13,17-18H,2,7-9H2,1H3,(H,16,19). The SMILES string of the molecule is CCOc1ccccc1C(=O)NC1CC(O)C(CO)C1. The fraction of sp³-hybridized carbons (Fsp3) is 0.533. The van der Waals surface area contributed by atoms with E-state index >= 15 is 0 Å². The molecule has 1 aromatic rings. The van der Waals surface area contributed by atoms with Crippen molar-refractivity contribution in [3.05, 3.63) is 29.8 Å². The molecule has 0 heterocycles. The average Bonchev–Trinajstić information content (AvgIpc) is 2.79. The molecule has 2 rings (SSSR count). The Morgan fingerprint density at radius 2 is 2.15 bits per heavy atom. The molecule has 3 N–H and O–H groups in total. The van der Waals surface area contributed by atoms with Crippen LogP contribution in [0.3, 0.4) is 0 Å². The number of ether oxygens (including phenoxy) is 1. The van der Waals surface area contributed by atoms with E-state index in [1.54, 1.807) is 18.2 Å². The summed E-state index contributed by atoms with van der Waals surface area (Å²) in [4.78, 5) is 12.3. The molecule has 0 bridgehead atoms. The Labute approximate surface area is 118 Å². The van der Waals surface area contributed by atoms with Gasteiger partial charge in [-0.05, 0) is 31.9 Å². The maximum absolute atomic E-state index is 12.3. The van der Waals surface area contributed by atoms with Gasteiger partial charge < -0.3 is 20.3 Å². The molecule has 1 fully saturated rings. The second kappa shape index (κ2) is 6.72. The second-order valence-electron chi connectivity index (χ2n) is 5.08. The van der Waals surface area contributed by atoms with Gasteiger partial charge in [-0.3, -0.25) is 4.79 Å². The van der Waals surface area contributed by atoms with Crippen LogP contribution in [-0.2, 0) is 0 Å². The predicted molar refractivity (Wildman–Crippen MR) is 74.7 cm³/mol. The van der Waals surface area contributed by atoms with Gasteiger partial charge in [0.1, 0.15) is 5.75 Å². The molecular formula is C15H21NO4. The van der Waals surface area contributed by atoms with Gasteiger partial charge in [0.05, 0.1) is 18.3 Å². The van der Waals surface area contributed by atoms with Crippen molar-refractivity contribution in [2.24, 2.45) is 5.92 Å². The summed E-state index contributed by atoms with van der Waals surface area (Å²) < 4.78 is 5.44. The van der Waals surface area contributed by atoms with Gasteiger partial charge in [0, 0.05) is 18.6 Å². The monoisotopic (exact) mass is 279 g/mol. The fourth-order valence-corrected chi connectivity index (χ4v) is 2.62. The highest BCUT2D eigenvalue weighted by Crippen LogP contribution is 2.26. The number of hydrogen-bond acceptors (Lipinski definition) is 4. The van der Waals surface area contributed by atoms with Gasteiger partial charge in [0.15, 0.2) is 0 Å². The van der Waals surface area contributed by atoms with E-state index in [-0.39, 0.29) is 24.5 Å². The quantitative estimate of drug-likeness (QED) is 0.749. The molecule has 20 heavy (non-hydrogen) atoms. The van der Waals surface area contributed by atoms with Crippen LogP contribution in [0.15, 0.2) is 24.3 Å². The van der Waals surface area contributed by atoms with Crippen LogP contribution in [0.4, 0.5) is 0 Å². The molecule has 5 heteroatoms. The van der Waals surface area contributed by atoms with E-state index in [2.05, 4.69) is 5.32 Å². The Hall–Kier alpha value is -1.59. The van der Waals surface area contributed by atoms with Crippen LogP contribution >= 0.6 is 0 Å². The molecule has 1 aliphatic rings. The van der Waals surface area contributed by atoms with Gasteiger partial charge in [0.25, 0.3) is 5.91 Å². The molecule has 110 valence electrons. The average molecular weight is 279 g/mol. The molecule has 0 spiro atoms. The Morgan fingerprint density at radius 1 is 1.40 bits per heavy atom. The summed E-state index contributed by atoms with van der Waals surface area (Å²) in [6.07, 6.45) is 0.529. The Bertz CT molecular complexity index is 463. The zero-order chi connectivity index (χ0) is 14.5. The first-order valence-corrected chi connectivity index (χ1v) is 6.97. The van der Waals surface area contributed by atoms with Crippen LogP contribution in [0.25, 0.3) is 0 Å². The van der Waals surface area contributed by atoms with E-state index in [0.29, 0.717) is 30.8 Å². The zero-order valence-corrected chi connectivity index (χ0v) is 11.6. The maximum Gasteiger partial charge on any atom is 0.255 e. The third-order valence-corrected chi connectivity index (χ3v) is 3.66. The number of carbonyl (C=O) groups is 1.